The topological polar surface area (TPSA) is 141 Å². The number of rotatable bonds is 9. The van der Waals surface area contributed by atoms with Gasteiger partial charge in [0.15, 0.2) is 17.3 Å². The molecule has 2 aliphatic heterocycles. The summed E-state index contributed by atoms with van der Waals surface area (Å²) in [7, 11) is 0. The van der Waals surface area contributed by atoms with E-state index >= 15 is 9.59 Å². The first-order valence-electron chi connectivity index (χ1n) is 19.8. The molecule has 0 bridgehead atoms. The Morgan fingerprint density at radius 3 is 2.26 bits per heavy atom. The molecular formula is C46H36Cl2F3N5O6. The summed E-state index contributed by atoms with van der Waals surface area (Å²) in [5, 5.41) is 14.7. The van der Waals surface area contributed by atoms with E-state index in [-0.39, 0.29) is 36.8 Å². The molecule has 0 spiro atoms. The Balaban J connectivity index is 1.16. The standard InChI is InChI=1S/C46H36Cl2F3N5O6/c1-2-62-37-20-24(8-19-36(37)57)39-31-17-18-32-38(43(60)55(41(32)58)30-15-13-29(14-16-30)53-28-6-4-3-5-7-28)33(31)22-34-42(59)56(44(61)45(34,39)25-9-11-27(47)12-10-25)54-40-35(48)21-26(23-52-40)46(49,50)51/h3-17,19-21,23,32-34,38-39,53,57H,2,18,22H2,1H3,(H,52,54)/t32-,33+,34-,38-,39-,45+/m0/s1. The van der Waals surface area contributed by atoms with Crippen molar-refractivity contribution in [2.75, 3.05) is 22.2 Å². The number of aromatic nitrogens is 1. The van der Waals surface area contributed by atoms with E-state index in [0.29, 0.717) is 39.7 Å². The second-order valence-corrected chi connectivity index (χ2v) is 16.5. The predicted octanol–water partition coefficient (Wildman–Crippen LogP) is 9.44. The molecule has 0 radical (unpaired) electrons. The van der Waals surface area contributed by atoms with Gasteiger partial charge in [-0.3, -0.25) is 29.5 Å². The number of carbonyl (C=O) groups is 4. The lowest BCUT2D eigenvalue weighted by atomic mass is 9.49. The number of phenols is 1. The Bertz CT molecular complexity index is 2660. The average molecular weight is 883 g/mol. The van der Waals surface area contributed by atoms with Gasteiger partial charge in [0.25, 0.3) is 11.8 Å². The Morgan fingerprint density at radius 2 is 1.58 bits per heavy atom. The highest BCUT2D eigenvalue weighted by Gasteiger charge is 2.70. The predicted molar refractivity (Wildman–Crippen MR) is 225 cm³/mol. The average Bonchev–Trinajstić information content (AvgIpc) is 3.63. The number of carbonyl (C=O) groups excluding carboxylic acids is 4. The van der Waals surface area contributed by atoms with Gasteiger partial charge in [-0.15, -0.1) is 0 Å². The summed E-state index contributed by atoms with van der Waals surface area (Å²) in [5.74, 6) is -7.47. The van der Waals surface area contributed by atoms with Crippen LogP contribution < -0.4 is 20.4 Å². The number of alkyl halides is 3. The van der Waals surface area contributed by atoms with Crippen molar-refractivity contribution in [2.45, 2.75) is 37.3 Å². The molecule has 16 heteroatoms. The van der Waals surface area contributed by atoms with Gasteiger partial charge in [0.1, 0.15) is 0 Å². The molecule has 9 rings (SSSR count). The van der Waals surface area contributed by atoms with Crippen LogP contribution in [-0.4, -0.2) is 45.3 Å². The van der Waals surface area contributed by atoms with Gasteiger partial charge in [-0.05, 0) is 104 Å². The van der Waals surface area contributed by atoms with Gasteiger partial charge < -0.3 is 15.2 Å². The van der Waals surface area contributed by atoms with Gasteiger partial charge in [-0.2, -0.15) is 18.2 Å². The number of benzene rings is 4. The molecule has 0 unspecified atom stereocenters. The lowest BCUT2D eigenvalue weighted by Gasteiger charge is -2.50. The first-order valence-corrected chi connectivity index (χ1v) is 20.6. The number of allylic oxidation sites excluding steroid dienone is 2. The molecule has 4 aliphatic rings. The number of pyridine rings is 1. The summed E-state index contributed by atoms with van der Waals surface area (Å²) in [4.78, 5) is 64.6. The number of hydrazine groups is 1. The summed E-state index contributed by atoms with van der Waals surface area (Å²) in [6, 6.07) is 28.1. The largest absolute Gasteiger partial charge is 0.504 e. The summed E-state index contributed by atoms with van der Waals surface area (Å²) in [5.41, 5.74) is 3.18. The number of amides is 4. The van der Waals surface area contributed by atoms with Crippen LogP contribution in [0.4, 0.5) is 36.1 Å². The van der Waals surface area contributed by atoms with E-state index in [4.69, 9.17) is 27.9 Å². The van der Waals surface area contributed by atoms with Crippen LogP contribution in [0.25, 0.3) is 0 Å². The molecule has 316 valence electrons. The monoisotopic (exact) mass is 881 g/mol. The zero-order chi connectivity index (χ0) is 43.7. The highest BCUT2D eigenvalue weighted by atomic mass is 35.5. The molecule has 6 atom stereocenters. The van der Waals surface area contributed by atoms with E-state index in [2.05, 4.69) is 15.7 Å². The number of nitrogens with zero attached hydrogens (tertiary/aromatic N) is 3. The van der Waals surface area contributed by atoms with Crippen LogP contribution in [0, 0.1) is 23.7 Å². The molecule has 4 aromatic carbocycles. The second kappa shape index (κ2) is 15.5. The third-order valence-corrected chi connectivity index (χ3v) is 12.9. The number of ether oxygens (including phenoxy) is 1. The van der Waals surface area contributed by atoms with Gasteiger partial charge in [0, 0.05) is 28.5 Å². The zero-order valence-corrected chi connectivity index (χ0v) is 34.2. The summed E-state index contributed by atoms with van der Waals surface area (Å²) in [6.07, 6.45) is -2.27. The van der Waals surface area contributed by atoms with E-state index < -0.39 is 75.4 Å². The molecule has 3 fully saturated rings. The van der Waals surface area contributed by atoms with E-state index in [1.165, 1.54) is 11.0 Å². The van der Waals surface area contributed by atoms with Crippen LogP contribution >= 0.6 is 23.2 Å². The molecule has 2 aliphatic carbocycles. The molecule has 1 aromatic heterocycles. The molecule has 5 aromatic rings. The maximum Gasteiger partial charge on any atom is 0.417 e. The minimum absolute atomic E-state index is 0.0632. The van der Waals surface area contributed by atoms with Crippen LogP contribution in [0.15, 0.2) is 121 Å². The number of imide groups is 2. The highest BCUT2D eigenvalue weighted by Crippen LogP contribution is 2.64. The highest BCUT2D eigenvalue weighted by molar-refractivity contribution is 6.33. The van der Waals surface area contributed by atoms with Gasteiger partial charge >= 0.3 is 6.18 Å². The van der Waals surface area contributed by atoms with Crippen molar-refractivity contribution in [2.24, 2.45) is 23.7 Å². The van der Waals surface area contributed by atoms with Crippen molar-refractivity contribution in [3.8, 4) is 11.5 Å². The molecule has 11 nitrogen and oxygen atoms in total. The van der Waals surface area contributed by atoms with Crippen molar-refractivity contribution < 1.29 is 42.2 Å². The normalized spacial score (nSPS) is 24.4. The molecule has 3 heterocycles. The Morgan fingerprint density at radius 1 is 0.871 bits per heavy atom. The second-order valence-electron chi connectivity index (χ2n) is 15.6. The van der Waals surface area contributed by atoms with Gasteiger partial charge in [-0.1, -0.05) is 71.2 Å². The van der Waals surface area contributed by atoms with Crippen molar-refractivity contribution >= 4 is 69.7 Å². The summed E-state index contributed by atoms with van der Waals surface area (Å²) < 4.78 is 46.5. The van der Waals surface area contributed by atoms with E-state index in [1.54, 1.807) is 67.6 Å². The van der Waals surface area contributed by atoms with Crippen LogP contribution in [0.5, 0.6) is 11.5 Å². The summed E-state index contributed by atoms with van der Waals surface area (Å²) in [6.45, 7) is 1.93. The number of anilines is 4. The quantitative estimate of drug-likeness (QED) is 0.0976. The fourth-order valence-electron chi connectivity index (χ4n) is 9.78. The van der Waals surface area contributed by atoms with Gasteiger partial charge in [0.2, 0.25) is 11.8 Å². The van der Waals surface area contributed by atoms with E-state index in [9.17, 15) is 27.9 Å². The number of nitrogens with one attached hydrogen (secondary N) is 2. The van der Waals surface area contributed by atoms with Gasteiger partial charge in [0.05, 0.1) is 46.0 Å². The van der Waals surface area contributed by atoms with Crippen molar-refractivity contribution in [3.63, 3.8) is 0 Å². The van der Waals surface area contributed by atoms with Gasteiger partial charge in [-0.25, -0.2) is 4.98 Å². The summed E-state index contributed by atoms with van der Waals surface area (Å²) >= 11 is 12.7. The number of hydrogen-bond acceptors (Lipinski definition) is 9. The number of fused-ring (bicyclic) bond motifs is 4. The minimum Gasteiger partial charge on any atom is -0.504 e. The Kier molecular flexibility index (Phi) is 10.3. The number of halogens is 5. The van der Waals surface area contributed by atoms with Crippen LogP contribution in [0.1, 0.15) is 42.4 Å². The molecule has 62 heavy (non-hydrogen) atoms. The van der Waals surface area contributed by atoms with Crippen molar-refractivity contribution in [1.29, 1.82) is 0 Å². The Hall–Kier alpha value is -6.38. The third-order valence-electron chi connectivity index (χ3n) is 12.4. The van der Waals surface area contributed by atoms with Crippen molar-refractivity contribution in [1.82, 2.24) is 9.99 Å². The SMILES string of the molecule is CCOc1cc([C@H]2C3=CC[C@@H]4C(=O)N(c5ccc(Nc6ccccc6)cc5)C(=O)[C@@H]4[C@@H]3C[C@H]3C(=O)N(Nc4ncc(C(F)(F)F)cc4Cl)C(=O)[C@@]23c2ccc(Cl)cc2)ccc1O. The van der Waals surface area contributed by atoms with Crippen LogP contribution in [0.2, 0.25) is 10.0 Å². The smallest absolute Gasteiger partial charge is 0.417 e. The number of phenolic OH excluding ortho intramolecular Hbond substituents is 1. The molecular weight excluding hydrogens is 846 g/mol. The number of hydrogen-bond donors (Lipinski definition) is 3. The molecule has 2 saturated heterocycles. The first-order chi connectivity index (χ1) is 29.7. The lowest BCUT2D eigenvalue weighted by molar-refractivity contribution is -0.139. The van der Waals surface area contributed by atoms with E-state index in [1.807, 2.05) is 36.4 Å². The maximum absolute atomic E-state index is 15.5. The number of para-hydroxylation sites is 1. The third kappa shape index (κ3) is 6.63. The fraction of sp³-hybridized carbons (Fsp3) is 0.239. The minimum atomic E-state index is -4.76. The molecule has 3 N–H and O–H groups in total. The number of aromatic hydroxyl groups is 1. The fourth-order valence-corrected chi connectivity index (χ4v) is 10.1. The first kappa shape index (κ1) is 41.0. The lowest BCUT2D eigenvalue weighted by Crippen LogP contribution is -2.53. The van der Waals surface area contributed by atoms with Crippen LogP contribution in [0.3, 0.4) is 0 Å². The molecule has 4 amide bonds. The maximum atomic E-state index is 15.5. The van der Waals surface area contributed by atoms with Crippen LogP contribution in [-0.2, 0) is 30.8 Å². The Labute approximate surface area is 363 Å². The zero-order valence-electron chi connectivity index (χ0n) is 32.7. The van der Waals surface area contributed by atoms with E-state index in [0.717, 1.165) is 16.4 Å². The van der Waals surface area contributed by atoms with Crippen molar-refractivity contribution in [3.05, 3.63) is 148 Å². The molecule has 1 saturated carbocycles.